The Morgan fingerprint density at radius 3 is 2.82 bits per heavy atom. The predicted molar refractivity (Wildman–Crippen MR) is 68.5 cm³/mol. The molecule has 2 nitrogen and oxygen atoms in total. The second-order valence-electron chi connectivity index (χ2n) is 5.96. The van der Waals surface area contributed by atoms with E-state index in [1.807, 2.05) is 26.0 Å². The molecule has 0 bridgehead atoms. The summed E-state index contributed by atoms with van der Waals surface area (Å²) in [6, 6.07) is 0. The van der Waals surface area contributed by atoms with Gasteiger partial charge in [0, 0.05) is 5.92 Å². The minimum atomic E-state index is -0.464. The van der Waals surface area contributed by atoms with Crippen LogP contribution in [-0.2, 0) is 9.53 Å². The van der Waals surface area contributed by atoms with Gasteiger partial charge in [-0.15, -0.1) is 0 Å². The van der Waals surface area contributed by atoms with E-state index in [0.717, 1.165) is 12.8 Å². The van der Waals surface area contributed by atoms with Gasteiger partial charge in [-0.25, -0.2) is 0 Å². The Bertz CT molecular complexity index is 390. The Labute approximate surface area is 104 Å². The molecule has 17 heavy (non-hydrogen) atoms. The second-order valence-corrected chi connectivity index (χ2v) is 5.96. The third-order valence-corrected chi connectivity index (χ3v) is 4.37. The minimum absolute atomic E-state index is 0.0791. The first kappa shape index (κ1) is 12.4. The van der Waals surface area contributed by atoms with Gasteiger partial charge in [0.05, 0.1) is 12.0 Å². The van der Waals surface area contributed by atoms with E-state index in [0.29, 0.717) is 12.5 Å². The third kappa shape index (κ3) is 1.84. The Morgan fingerprint density at radius 2 is 2.18 bits per heavy atom. The molecule has 94 valence electrons. The van der Waals surface area contributed by atoms with Crippen molar-refractivity contribution in [2.75, 3.05) is 6.61 Å². The normalized spacial score (nSPS) is 34.1. The van der Waals surface area contributed by atoms with Gasteiger partial charge < -0.3 is 4.74 Å². The van der Waals surface area contributed by atoms with Gasteiger partial charge in [-0.3, -0.25) is 4.79 Å². The van der Waals surface area contributed by atoms with Crippen LogP contribution in [0.4, 0.5) is 0 Å². The number of carbonyl (C=O) groups excluding carboxylic acids is 1. The van der Waals surface area contributed by atoms with Crippen LogP contribution in [0.1, 0.15) is 40.5 Å². The van der Waals surface area contributed by atoms with Crippen LogP contribution in [0.3, 0.4) is 0 Å². The molecule has 0 spiro atoms. The second kappa shape index (κ2) is 4.01. The summed E-state index contributed by atoms with van der Waals surface area (Å²) >= 11 is 0. The van der Waals surface area contributed by atoms with Crippen LogP contribution in [-0.4, -0.2) is 12.6 Å². The van der Waals surface area contributed by atoms with E-state index in [1.165, 1.54) is 5.57 Å². The fourth-order valence-electron chi connectivity index (χ4n) is 3.21. The lowest BCUT2D eigenvalue weighted by atomic mass is 9.68. The van der Waals surface area contributed by atoms with E-state index in [-0.39, 0.29) is 11.4 Å². The smallest absolute Gasteiger partial charge is 0.316 e. The Morgan fingerprint density at radius 1 is 1.47 bits per heavy atom. The maximum absolute atomic E-state index is 12.2. The van der Waals surface area contributed by atoms with Crippen molar-refractivity contribution in [1.82, 2.24) is 0 Å². The first-order chi connectivity index (χ1) is 7.92. The van der Waals surface area contributed by atoms with Crippen LogP contribution < -0.4 is 0 Å². The highest BCUT2D eigenvalue weighted by Crippen LogP contribution is 2.55. The van der Waals surface area contributed by atoms with Crippen molar-refractivity contribution in [2.24, 2.45) is 16.7 Å². The van der Waals surface area contributed by atoms with Crippen LogP contribution in [0.2, 0.25) is 0 Å². The molecule has 0 radical (unpaired) electrons. The van der Waals surface area contributed by atoms with Crippen molar-refractivity contribution in [3.63, 3.8) is 0 Å². The van der Waals surface area contributed by atoms with Crippen LogP contribution >= 0.6 is 0 Å². The van der Waals surface area contributed by atoms with Gasteiger partial charge >= 0.3 is 5.97 Å². The molecule has 0 aromatic carbocycles. The highest BCUT2D eigenvalue weighted by molar-refractivity contribution is 5.80. The molecular formula is C15H22O2. The lowest BCUT2D eigenvalue weighted by molar-refractivity contribution is -0.153. The van der Waals surface area contributed by atoms with Gasteiger partial charge in [0.2, 0.25) is 0 Å². The quantitative estimate of drug-likeness (QED) is 0.684. The Balaban J connectivity index is 2.32. The average Bonchev–Trinajstić information content (AvgIpc) is 2.57. The van der Waals surface area contributed by atoms with Gasteiger partial charge in [0.1, 0.15) is 0 Å². The van der Waals surface area contributed by atoms with Gasteiger partial charge in [-0.1, -0.05) is 37.6 Å². The number of ether oxygens (including phenoxy) is 1. The van der Waals surface area contributed by atoms with Crippen molar-refractivity contribution in [3.05, 3.63) is 23.8 Å². The number of hydrogen-bond donors (Lipinski definition) is 0. The Kier molecular flexibility index (Phi) is 2.92. The molecule has 0 heterocycles. The average molecular weight is 234 g/mol. The first-order valence-corrected chi connectivity index (χ1v) is 6.49. The SMILES string of the molecule is CCOC(=O)C1(C)C=CC=C2C1CCC2(C)C. The summed E-state index contributed by atoms with van der Waals surface area (Å²) < 4.78 is 5.24. The van der Waals surface area contributed by atoms with Crippen LogP contribution in [0.5, 0.6) is 0 Å². The number of esters is 1. The van der Waals surface area contributed by atoms with E-state index < -0.39 is 5.41 Å². The fourth-order valence-corrected chi connectivity index (χ4v) is 3.21. The minimum Gasteiger partial charge on any atom is -0.465 e. The van der Waals surface area contributed by atoms with E-state index in [1.54, 1.807) is 0 Å². The molecule has 2 aliphatic carbocycles. The van der Waals surface area contributed by atoms with Gasteiger partial charge in [0.25, 0.3) is 0 Å². The van der Waals surface area contributed by atoms with E-state index >= 15 is 0 Å². The summed E-state index contributed by atoms with van der Waals surface area (Å²) in [5.41, 5.74) is 1.17. The molecule has 2 aliphatic rings. The standard InChI is InChI=1S/C15H22O2/c1-5-17-13(16)15(4)9-6-7-11-12(15)8-10-14(11,2)3/h6-7,9,12H,5,8,10H2,1-4H3. The summed E-state index contributed by atoms with van der Waals surface area (Å²) in [4.78, 5) is 12.2. The predicted octanol–water partition coefficient (Wildman–Crippen LogP) is 3.49. The van der Waals surface area contributed by atoms with E-state index in [4.69, 9.17) is 4.74 Å². The number of fused-ring (bicyclic) bond motifs is 1. The van der Waals surface area contributed by atoms with Crippen LogP contribution in [0.25, 0.3) is 0 Å². The number of hydrogen-bond acceptors (Lipinski definition) is 2. The number of allylic oxidation sites excluding steroid dienone is 3. The summed E-state index contributed by atoms with van der Waals surface area (Å²) in [6.07, 6.45) is 8.47. The molecule has 0 N–H and O–H groups in total. The fraction of sp³-hybridized carbons (Fsp3) is 0.667. The zero-order chi connectivity index (χ0) is 12.7. The van der Waals surface area contributed by atoms with E-state index in [2.05, 4.69) is 19.9 Å². The van der Waals surface area contributed by atoms with Crippen LogP contribution in [0, 0.1) is 16.7 Å². The number of rotatable bonds is 2. The van der Waals surface area contributed by atoms with Crippen molar-refractivity contribution in [2.45, 2.75) is 40.5 Å². The third-order valence-electron chi connectivity index (χ3n) is 4.37. The first-order valence-electron chi connectivity index (χ1n) is 6.49. The molecule has 1 fully saturated rings. The van der Waals surface area contributed by atoms with Gasteiger partial charge in [-0.2, -0.15) is 0 Å². The zero-order valence-corrected chi connectivity index (χ0v) is 11.2. The molecule has 2 atom stereocenters. The molecule has 0 aliphatic heterocycles. The summed E-state index contributed by atoms with van der Waals surface area (Å²) in [7, 11) is 0. The Hall–Kier alpha value is -1.05. The van der Waals surface area contributed by atoms with Crippen molar-refractivity contribution >= 4 is 5.97 Å². The van der Waals surface area contributed by atoms with Gasteiger partial charge in [0.15, 0.2) is 0 Å². The van der Waals surface area contributed by atoms with Gasteiger partial charge in [-0.05, 0) is 32.1 Å². The summed E-state index contributed by atoms with van der Waals surface area (Å²) in [5, 5.41) is 0. The molecular weight excluding hydrogens is 212 g/mol. The van der Waals surface area contributed by atoms with E-state index in [9.17, 15) is 4.79 Å². The topological polar surface area (TPSA) is 26.3 Å². The van der Waals surface area contributed by atoms with Crippen LogP contribution in [0.15, 0.2) is 23.8 Å². The highest BCUT2D eigenvalue weighted by Gasteiger charge is 2.50. The monoisotopic (exact) mass is 234 g/mol. The highest BCUT2D eigenvalue weighted by atomic mass is 16.5. The zero-order valence-electron chi connectivity index (χ0n) is 11.2. The lowest BCUT2D eigenvalue weighted by Crippen LogP contribution is -2.37. The molecule has 0 aromatic heterocycles. The molecule has 2 rings (SSSR count). The molecule has 0 amide bonds. The largest absolute Gasteiger partial charge is 0.465 e. The molecule has 2 heteroatoms. The summed E-state index contributed by atoms with van der Waals surface area (Å²) in [6.45, 7) is 8.87. The molecule has 1 saturated carbocycles. The molecule has 0 saturated heterocycles. The van der Waals surface area contributed by atoms with Crippen molar-refractivity contribution in [1.29, 1.82) is 0 Å². The number of carbonyl (C=O) groups is 1. The molecule has 2 unspecified atom stereocenters. The van der Waals surface area contributed by atoms with Crippen molar-refractivity contribution in [3.8, 4) is 0 Å². The molecule has 0 aromatic rings. The van der Waals surface area contributed by atoms with Crippen molar-refractivity contribution < 1.29 is 9.53 Å². The lowest BCUT2D eigenvalue weighted by Gasteiger charge is -2.36. The summed E-state index contributed by atoms with van der Waals surface area (Å²) in [5.74, 6) is 0.242. The maximum Gasteiger partial charge on any atom is 0.316 e. The maximum atomic E-state index is 12.2.